The Labute approximate surface area is 121 Å². The van der Waals surface area contributed by atoms with Crippen molar-refractivity contribution in [3.8, 4) is 0 Å². The van der Waals surface area contributed by atoms with Crippen molar-refractivity contribution < 1.29 is 14.7 Å². The summed E-state index contributed by atoms with van der Waals surface area (Å²) in [5, 5.41) is 11.9. The quantitative estimate of drug-likeness (QED) is 0.815. The Morgan fingerprint density at radius 1 is 1.40 bits per heavy atom. The largest absolute Gasteiger partial charge is 0.480 e. The normalized spacial score (nSPS) is 25.6. The van der Waals surface area contributed by atoms with Crippen LogP contribution in [0.1, 0.15) is 52.9 Å². The number of nitrogens with zero attached hydrogens (tertiary/aromatic N) is 1. The predicted molar refractivity (Wildman–Crippen MR) is 78.6 cm³/mol. The van der Waals surface area contributed by atoms with Crippen LogP contribution in [0, 0.1) is 11.8 Å². The molecule has 0 saturated heterocycles. The smallest absolute Gasteiger partial charge is 0.326 e. The third kappa shape index (κ3) is 4.39. The molecule has 5 nitrogen and oxygen atoms in total. The van der Waals surface area contributed by atoms with Crippen molar-refractivity contribution in [1.82, 2.24) is 10.2 Å². The van der Waals surface area contributed by atoms with Crippen LogP contribution in [0.3, 0.4) is 0 Å². The van der Waals surface area contributed by atoms with Gasteiger partial charge >= 0.3 is 12.0 Å². The summed E-state index contributed by atoms with van der Waals surface area (Å²) in [5.41, 5.74) is 0. The first-order valence-electron chi connectivity index (χ1n) is 7.62. The molecule has 1 aliphatic rings. The van der Waals surface area contributed by atoms with Gasteiger partial charge in [-0.25, -0.2) is 9.59 Å². The minimum atomic E-state index is -0.960. The van der Waals surface area contributed by atoms with Gasteiger partial charge in [0.2, 0.25) is 0 Å². The molecular formula is C15H28N2O3. The summed E-state index contributed by atoms with van der Waals surface area (Å²) in [7, 11) is 1.77. The Hall–Kier alpha value is -1.26. The van der Waals surface area contributed by atoms with Crippen LogP contribution in [0.2, 0.25) is 0 Å². The van der Waals surface area contributed by atoms with Gasteiger partial charge in [-0.05, 0) is 24.7 Å². The average molecular weight is 284 g/mol. The van der Waals surface area contributed by atoms with E-state index in [0.29, 0.717) is 5.92 Å². The van der Waals surface area contributed by atoms with Crippen molar-refractivity contribution in [2.24, 2.45) is 11.8 Å². The van der Waals surface area contributed by atoms with E-state index in [4.69, 9.17) is 0 Å². The summed E-state index contributed by atoms with van der Waals surface area (Å²) < 4.78 is 0. The second-order valence-corrected chi connectivity index (χ2v) is 6.19. The first kappa shape index (κ1) is 16.8. The number of amides is 2. The molecular weight excluding hydrogens is 256 g/mol. The Morgan fingerprint density at radius 3 is 2.55 bits per heavy atom. The zero-order chi connectivity index (χ0) is 15.3. The lowest BCUT2D eigenvalue weighted by Crippen LogP contribution is -2.52. The van der Waals surface area contributed by atoms with Gasteiger partial charge in [-0.1, -0.05) is 40.0 Å². The molecule has 116 valence electrons. The van der Waals surface area contributed by atoms with Crippen molar-refractivity contribution in [2.45, 2.75) is 65.0 Å². The summed E-state index contributed by atoms with van der Waals surface area (Å²) in [6, 6.07) is -0.849. The van der Waals surface area contributed by atoms with Crippen molar-refractivity contribution >= 4 is 12.0 Å². The van der Waals surface area contributed by atoms with Crippen LogP contribution >= 0.6 is 0 Å². The van der Waals surface area contributed by atoms with Crippen LogP contribution in [0.25, 0.3) is 0 Å². The molecule has 0 aromatic heterocycles. The predicted octanol–water partition coefficient (Wildman–Crippen LogP) is 2.71. The lowest BCUT2D eigenvalue weighted by atomic mass is 9.86. The number of rotatable bonds is 5. The van der Waals surface area contributed by atoms with Gasteiger partial charge in [-0.15, -0.1) is 0 Å². The molecule has 0 aromatic rings. The highest BCUT2D eigenvalue weighted by atomic mass is 16.4. The minimum Gasteiger partial charge on any atom is -0.480 e. The number of hydrogen-bond donors (Lipinski definition) is 2. The number of carbonyl (C=O) groups is 2. The summed E-state index contributed by atoms with van der Waals surface area (Å²) in [6.07, 6.45) is 5.09. The molecule has 20 heavy (non-hydrogen) atoms. The van der Waals surface area contributed by atoms with E-state index in [2.05, 4.69) is 12.2 Å². The number of aliphatic carboxylic acids is 1. The average Bonchev–Trinajstić information content (AvgIpc) is 2.42. The molecule has 1 saturated carbocycles. The molecule has 5 heteroatoms. The number of nitrogens with one attached hydrogen (secondary N) is 1. The van der Waals surface area contributed by atoms with Crippen LogP contribution in [0.15, 0.2) is 0 Å². The molecule has 0 heterocycles. The standard InChI is InChI=1S/C15H28N2O3/c1-5-11(3)13(14(18)19)16-15(20)17(4)12-8-6-7-10(2)9-12/h10-13H,5-9H2,1-4H3,(H,16,20)(H,18,19)/t10?,11-,12?,13-/m0/s1. The molecule has 1 aliphatic carbocycles. The monoisotopic (exact) mass is 284 g/mol. The van der Waals surface area contributed by atoms with Crippen LogP contribution in [0.5, 0.6) is 0 Å². The molecule has 2 unspecified atom stereocenters. The first-order valence-corrected chi connectivity index (χ1v) is 7.62. The molecule has 0 aliphatic heterocycles. The lowest BCUT2D eigenvalue weighted by Gasteiger charge is -2.35. The molecule has 0 bridgehead atoms. The highest BCUT2D eigenvalue weighted by molar-refractivity contribution is 5.82. The SMILES string of the molecule is CC[C@H](C)[C@H](NC(=O)N(C)C1CCCC(C)C1)C(=O)O. The summed E-state index contributed by atoms with van der Waals surface area (Å²) >= 11 is 0. The van der Waals surface area contributed by atoms with Crippen LogP contribution in [0.4, 0.5) is 4.79 Å². The number of urea groups is 1. The molecule has 0 spiro atoms. The number of hydrogen-bond acceptors (Lipinski definition) is 2. The van der Waals surface area contributed by atoms with Gasteiger partial charge in [0.05, 0.1) is 0 Å². The van der Waals surface area contributed by atoms with E-state index in [9.17, 15) is 14.7 Å². The van der Waals surface area contributed by atoms with Gasteiger partial charge in [-0.2, -0.15) is 0 Å². The zero-order valence-corrected chi connectivity index (χ0v) is 13.1. The van der Waals surface area contributed by atoms with E-state index in [1.807, 2.05) is 13.8 Å². The maximum absolute atomic E-state index is 12.2. The van der Waals surface area contributed by atoms with Gasteiger partial charge < -0.3 is 15.3 Å². The molecule has 0 aromatic carbocycles. The summed E-state index contributed by atoms with van der Waals surface area (Å²) in [5.74, 6) is -0.401. The number of carboxylic acids is 1. The number of carboxylic acid groups (broad SMARTS) is 1. The molecule has 1 rings (SSSR count). The molecule has 2 amide bonds. The summed E-state index contributed by atoms with van der Waals surface area (Å²) in [4.78, 5) is 25.2. The van der Waals surface area contributed by atoms with Crippen molar-refractivity contribution in [1.29, 1.82) is 0 Å². The topological polar surface area (TPSA) is 69.6 Å². The van der Waals surface area contributed by atoms with Gasteiger partial charge in [0.25, 0.3) is 0 Å². The molecule has 0 radical (unpaired) electrons. The zero-order valence-electron chi connectivity index (χ0n) is 13.1. The van der Waals surface area contributed by atoms with E-state index < -0.39 is 12.0 Å². The fourth-order valence-corrected chi connectivity index (χ4v) is 2.84. The maximum atomic E-state index is 12.2. The van der Waals surface area contributed by atoms with Gasteiger partial charge in [0, 0.05) is 13.1 Å². The van der Waals surface area contributed by atoms with Gasteiger partial charge in [0.1, 0.15) is 6.04 Å². The van der Waals surface area contributed by atoms with Crippen molar-refractivity contribution in [3.05, 3.63) is 0 Å². The fourth-order valence-electron chi connectivity index (χ4n) is 2.84. The van der Waals surface area contributed by atoms with E-state index in [0.717, 1.165) is 25.7 Å². The molecule has 4 atom stereocenters. The van der Waals surface area contributed by atoms with E-state index in [1.54, 1.807) is 11.9 Å². The van der Waals surface area contributed by atoms with Crippen LogP contribution in [-0.4, -0.2) is 41.1 Å². The Kier molecular flexibility index (Phi) is 6.30. The van der Waals surface area contributed by atoms with E-state index >= 15 is 0 Å². The second kappa shape index (κ2) is 7.50. The fraction of sp³-hybridized carbons (Fsp3) is 0.867. The van der Waals surface area contributed by atoms with Crippen LogP contribution < -0.4 is 5.32 Å². The van der Waals surface area contributed by atoms with Crippen molar-refractivity contribution in [3.63, 3.8) is 0 Å². The first-order chi connectivity index (χ1) is 9.36. The Morgan fingerprint density at radius 2 is 2.05 bits per heavy atom. The molecule has 2 N–H and O–H groups in total. The highest BCUT2D eigenvalue weighted by Crippen LogP contribution is 2.26. The Bertz CT molecular complexity index is 346. The molecule has 1 fully saturated rings. The van der Waals surface area contributed by atoms with Gasteiger partial charge in [0.15, 0.2) is 0 Å². The second-order valence-electron chi connectivity index (χ2n) is 6.19. The van der Waals surface area contributed by atoms with Gasteiger partial charge in [-0.3, -0.25) is 0 Å². The van der Waals surface area contributed by atoms with E-state index in [-0.39, 0.29) is 18.0 Å². The lowest BCUT2D eigenvalue weighted by molar-refractivity contribution is -0.140. The van der Waals surface area contributed by atoms with Crippen LogP contribution in [-0.2, 0) is 4.79 Å². The number of carbonyl (C=O) groups excluding carboxylic acids is 1. The third-order valence-corrected chi connectivity index (χ3v) is 4.53. The summed E-state index contributed by atoms with van der Waals surface area (Å²) in [6.45, 7) is 5.98. The van der Waals surface area contributed by atoms with Crippen molar-refractivity contribution in [2.75, 3.05) is 7.05 Å². The Balaban J connectivity index is 2.61. The maximum Gasteiger partial charge on any atom is 0.326 e. The highest BCUT2D eigenvalue weighted by Gasteiger charge is 2.30. The minimum absolute atomic E-state index is 0.0740. The van der Waals surface area contributed by atoms with E-state index in [1.165, 1.54) is 6.42 Å². The third-order valence-electron chi connectivity index (χ3n) is 4.53.